The highest BCUT2D eigenvalue weighted by Gasteiger charge is 2.52. The Bertz CT molecular complexity index is 352. The maximum atomic E-state index is 12.1. The predicted molar refractivity (Wildman–Crippen MR) is 68.0 cm³/mol. The number of nitrogens with zero attached hydrogens (tertiary/aromatic N) is 4. The molecule has 2 rings (SSSR count). The van der Waals surface area contributed by atoms with Gasteiger partial charge in [-0.15, -0.1) is 0 Å². The van der Waals surface area contributed by atoms with Crippen molar-refractivity contribution >= 4 is 12.1 Å². The van der Waals surface area contributed by atoms with E-state index in [1.54, 1.807) is 33.7 Å². The molecule has 0 bridgehead atoms. The molecule has 18 heavy (non-hydrogen) atoms. The lowest BCUT2D eigenvalue weighted by Crippen LogP contribution is -2.73. The minimum absolute atomic E-state index is 0.0276. The van der Waals surface area contributed by atoms with Crippen LogP contribution in [0.3, 0.4) is 0 Å². The molecule has 0 radical (unpaired) electrons. The molecule has 0 aromatic carbocycles. The lowest BCUT2D eigenvalue weighted by atomic mass is 9.84. The largest absolute Gasteiger partial charge is 0.324 e. The van der Waals surface area contributed by atoms with E-state index in [4.69, 9.17) is 0 Å². The second-order valence-electron chi connectivity index (χ2n) is 5.48. The Labute approximate surface area is 108 Å². The Hall–Kier alpha value is -1.46. The van der Waals surface area contributed by atoms with Crippen molar-refractivity contribution < 1.29 is 9.59 Å². The first-order valence-electron chi connectivity index (χ1n) is 6.28. The van der Waals surface area contributed by atoms with E-state index in [1.807, 2.05) is 14.1 Å². The topological polar surface area (TPSA) is 47.1 Å². The van der Waals surface area contributed by atoms with Gasteiger partial charge in [0.25, 0.3) is 0 Å². The number of carbonyl (C=O) groups excluding carboxylic acids is 2. The second-order valence-corrected chi connectivity index (χ2v) is 5.48. The SMILES string of the molecule is C[C@@H]1C2C(N(C)C(=O)N1C)N(C)C(=O)N(C)[C@@H]2C. The van der Waals surface area contributed by atoms with Gasteiger partial charge in [0.15, 0.2) is 0 Å². The summed E-state index contributed by atoms with van der Waals surface area (Å²) in [7, 11) is 7.18. The number of fused-ring (bicyclic) bond motifs is 1. The van der Waals surface area contributed by atoms with Gasteiger partial charge in [-0.1, -0.05) is 0 Å². The molecule has 0 spiro atoms. The van der Waals surface area contributed by atoms with Crippen LogP contribution in [-0.2, 0) is 0 Å². The molecule has 4 amide bonds. The quantitative estimate of drug-likeness (QED) is 0.639. The molecule has 0 aromatic heterocycles. The summed E-state index contributed by atoms with van der Waals surface area (Å²) < 4.78 is 0. The molecule has 102 valence electrons. The van der Waals surface area contributed by atoms with Gasteiger partial charge in [0, 0.05) is 46.2 Å². The van der Waals surface area contributed by atoms with Crippen molar-refractivity contribution in [3.05, 3.63) is 0 Å². The highest BCUT2D eigenvalue weighted by molar-refractivity contribution is 5.80. The Kier molecular flexibility index (Phi) is 2.91. The molecule has 2 heterocycles. The van der Waals surface area contributed by atoms with E-state index in [0.29, 0.717) is 0 Å². The van der Waals surface area contributed by atoms with Gasteiger partial charge in [-0.2, -0.15) is 0 Å². The minimum Gasteiger partial charge on any atom is -0.324 e. The van der Waals surface area contributed by atoms with E-state index in [1.165, 1.54) is 0 Å². The summed E-state index contributed by atoms with van der Waals surface area (Å²) in [4.78, 5) is 31.1. The molecule has 2 saturated heterocycles. The van der Waals surface area contributed by atoms with Crippen LogP contribution in [0.15, 0.2) is 0 Å². The molecule has 6 heteroatoms. The van der Waals surface area contributed by atoms with Crippen molar-refractivity contribution in [2.75, 3.05) is 28.2 Å². The van der Waals surface area contributed by atoms with Crippen LogP contribution >= 0.6 is 0 Å². The van der Waals surface area contributed by atoms with E-state index >= 15 is 0 Å². The van der Waals surface area contributed by atoms with Gasteiger partial charge < -0.3 is 19.6 Å². The third-order valence-electron chi connectivity index (χ3n) is 4.68. The fraction of sp³-hybridized carbons (Fsp3) is 0.833. The molecular formula is C12H22N4O2. The van der Waals surface area contributed by atoms with Crippen LogP contribution in [0.4, 0.5) is 9.59 Å². The molecule has 2 fully saturated rings. The van der Waals surface area contributed by atoms with Crippen molar-refractivity contribution in [3.63, 3.8) is 0 Å². The first-order valence-corrected chi connectivity index (χ1v) is 6.28. The summed E-state index contributed by atoms with van der Waals surface area (Å²) in [5.41, 5.74) is 0. The van der Waals surface area contributed by atoms with Gasteiger partial charge in [0.1, 0.15) is 6.17 Å². The van der Waals surface area contributed by atoms with Crippen LogP contribution in [0.2, 0.25) is 0 Å². The number of amides is 4. The monoisotopic (exact) mass is 254 g/mol. The van der Waals surface area contributed by atoms with Crippen LogP contribution in [-0.4, -0.2) is 78.1 Å². The summed E-state index contributed by atoms with van der Waals surface area (Å²) in [6.45, 7) is 4.10. The molecule has 6 nitrogen and oxygen atoms in total. The predicted octanol–water partition coefficient (Wildman–Crippen LogP) is 0.700. The van der Waals surface area contributed by atoms with Gasteiger partial charge in [-0.05, 0) is 13.8 Å². The van der Waals surface area contributed by atoms with E-state index in [9.17, 15) is 9.59 Å². The maximum absolute atomic E-state index is 12.1. The molecule has 0 N–H and O–H groups in total. The molecule has 0 aliphatic carbocycles. The minimum atomic E-state index is -0.151. The first kappa shape index (κ1) is 13.0. The summed E-state index contributed by atoms with van der Waals surface area (Å²) in [6, 6.07) is 0.179. The van der Waals surface area contributed by atoms with Crippen molar-refractivity contribution in [2.24, 2.45) is 5.92 Å². The average molecular weight is 254 g/mol. The van der Waals surface area contributed by atoms with E-state index in [-0.39, 0.29) is 36.2 Å². The van der Waals surface area contributed by atoms with Gasteiger partial charge in [-0.25, -0.2) is 9.59 Å². The Morgan fingerprint density at radius 2 is 1.06 bits per heavy atom. The number of hydrogen-bond acceptors (Lipinski definition) is 2. The fourth-order valence-corrected chi connectivity index (χ4v) is 3.27. The molecule has 2 aliphatic rings. The van der Waals surface area contributed by atoms with Crippen LogP contribution in [0.5, 0.6) is 0 Å². The Morgan fingerprint density at radius 1 is 0.722 bits per heavy atom. The van der Waals surface area contributed by atoms with E-state index in [2.05, 4.69) is 13.8 Å². The highest BCUT2D eigenvalue weighted by atomic mass is 16.2. The molecule has 2 atom stereocenters. The van der Waals surface area contributed by atoms with Gasteiger partial charge in [-0.3, -0.25) is 0 Å². The lowest BCUT2D eigenvalue weighted by molar-refractivity contribution is -0.0597. The third-order valence-corrected chi connectivity index (χ3v) is 4.68. The zero-order valence-corrected chi connectivity index (χ0v) is 11.9. The molecule has 0 aromatic rings. The summed E-state index contributed by atoms with van der Waals surface area (Å²) in [5.74, 6) is 0.227. The number of rotatable bonds is 0. The van der Waals surface area contributed by atoms with Crippen molar-refractivity contribution in [1.29, 1.82) is 0 Å². The Balaban J connectivity index is 2.42. The Morgan fingerprint density at radius 3 is 1.39 bits per heavy atom. The number of hydrogen-bond donors (Lipinski definition) is 0. The molecule has 0 saturated carbocycles. The van der Waals surface area contributed by atoms with Crippen LogP contribution < -0.4 is 0 Å². The molecular weight excluding hydrogens is 232 g/mol. The van der Waals surface area contributed by atoms with Gasteiger partial charge in [0.05, 0.1) is 0 Å². The lowest BCUT2D eigenvalue weighted by Gasteiger charge is -2.57. The van der Waals surface area contributed by atoms with Gasteiger partial charge in [0.2, 0.25) is 0 Å². The highest BCUT2D eigenvalue weighted by Crippen LogP contribution is 2.35. The van der Waals surface area contributed by atoms with Crippen LogP contribution in [0.25, 0.3) is 0 Å². The van der Waals surface area contributed by atoms with Gasteiger partial charge >= 0.3 is 12.1 Å². The van der Waals surface area contributed by atoms with Crippen molar-refractivity contribution in [2.45, 2.75) is 32.1 Å². The fourth-order valence-electron chi connectivity index (χ4n) is 3.27. The smallest absolute Gasteiger partial charge is 0.321 e. The zero-order chi connectivity index (χ0) is 13.8. The van der Waals surface area contributed by atoms with Crippen LogP contribution in [0.1, 0.15) is 13.8 Å². The average Bonchev–Trinajstić information content (AvgIpc) is 2.35. The normalized spacial score (nSPS) is 37.2. The standard InChI is InChI=1S/C12H22N4O2/c1-7-9-8(2)14(4)12(18)16(6)10(9)15(5)11(17)13(7)3/h7-10H,1-6H3/t7-,8-,9?,10?/m1/s1. The van der Waals surface area contributed by atoms with Crippen molar-refractivity contribution in [3.8, 4) is 0 Å². The maximum Gasteiger partial charge on any atom is 0.321 e. The summed E-state index contributed by atoms with van der Waals surface area (Å²) in [5, 5.41) is 0. The van der Waals surface area contributed by atoms with E-state index in [0.717, 1.165) is 0 Å². The molecule has 0 unspecified atom stereocenters. The summed E-state index contributed by atoms with van der Waals surface area (Å²) in [6.07, 6.45) is -0.151. The second kappa shape index (κ2) is 4.03. The first-order chi connectivity index (χ1) is 8.29. The van der Waals surface area contributed by atoms with Crippen LogP contribution in [0, 0.1) is 5.92 Å². The van der Waals surface area contributed by atoms with Crippen molar-refractivity contribution in [1.82, 2.24) is 19.6 Å². The zero-order valence-electron chi connectivity index (χ0n) is 11.9. The van der Waals surface area contributed by atoms with E-state index < -0.39 is 0 Å². The third kappa shape index (κ3) is 1.47. The summed E-state index contributed by atoms with van der Waals surface area (Å²) >= 11 is 0. The molecule has 2 aliphatic heterocycles. The number of urea groups is 2. The number of carbonyl (C=O) groups is 2.